The number of nitrogens with zero attached hydrogens (tertiary/aromatic N) is 1. The highest BCUT2D eigenvalue weighted by molar-refractivity contribution is 9.10. The lowest BCUT2D eigenvalue weighted by Crippen LogP contribution is -2.26. The summed E-state index contributed by atoms with van der Waals surface area (Å²) in [5.41, 5.74) is 2.69. The van der Waals surface area contributed by atoms with E-state index < -0.39 is 0 Å². The molecule has 0 aromatic heterocycles. The summed E-state index contributed by atoms with van der Waals surface area (Å²) >= 11 is 3.63. The predicted octanol–water partition coefficient (Wildman–Crippen LogP) is 3.75. The summed E-state index contributed by atoms with van der Waals surface area (Å²) < 4.78 is 1.22. The third kappa shape index (κ3) is 1.81. The molecule has 2 heteroatoms. The summed E-state index contributed by atoms with van der Waals surface area (Å²) in [5.74, 6) is 0. The van der Waals surface area contributed by atoms with Crippen LogP contribution < -0.4 is 4.90 Å². The lowest BCUT2D eigenvalue weighted by Gasteiger charge is -2.25. The number of hydrogen-bond acceptors (Lipinski definition) is 1. The highest BCUT2D eigenvalue weighted by atomic mass is 79.9. The van der Waals surface area contributed by atoms with Crippen molar-refractivity contribution in [2.24, 2.45) is 0 Å². The first kappa shape index (κ1) is 10.0. The van der Waals surface area contributed by atoms with Gasteiger partial charge in [-0.25, -0.2) is 0 Å². The molecule has 1 fully saturated rings. The summed E-state index contributed by atoms with van der Waals surface area (Å²) in [7, 11) is 0. The fraction of sp³-hybridized carbons (Fsp3) is 0.500. The highest BCUT2D eigenvalue weighted by Crippen LogP contribution is 2.32. The Labute approximate surface area is 94.2 Å². The molecule has 0 radical (unpaired) electrons. The summed E-state index contributed by atoms with van der Waals surface area (Å²) in [6.45, 7) is 5.65. The molecule has 2 rings (SSSR count). The third-order valence-corrected chi connectivity index (χ3v) is 3.63. The topological polar surface area (TPSA) is 3.24 Å². The number of rotatable bonds is 1. The van der Waals surface area contributed by atoms with Crippen molar-refractivity contribution in [1.82, 2.24) is 0 Å². The van der Waals surface area contributed by atoms with Gasteiger partial charge < -0.3 is 4.90 Å². The van der Waals surface area contributed by atoms with Gasteiger partial charge in [-0.3, -0.25) is 0 Å². The van der Waals surface area contributed by atoms with Gasteiger partial charge in [-0.1, -0.05) is 6.07 Å². The van der Waals surface area contributed by atoms with Gasteiger partial charge in [-0.15, -0.1) is 0 Å². The largest absolute Gasteiger partial charge is 0.368 e. The Morgan fingerprint density at radius 1 is 1.43 bits per heavy atom. The molecule has 0 saturated carbocycles. The van der Waals surface area contributed by atoms with Crippen LogP contribution in [0, 0.1) is 6.92 Å². The zero-order chi connectivity index (χ0) is 10.1. The molecule has 1 aromatic carbocycles. The van der Waals surface area contributed by atoms with E-state index in [1.165, 1.54) is 35.1 Å². The zero-order valence-electron chi connectivity index (χ0n) is 8.76. The minimum absolute atomic E-state index is 0.688. The van der Waals surface area contributed by atoms with E-state index in [0.717, 1.165) is 0 Å². The standard InChI is InChI=1S/C12H16BrN/c1-9-5-6-11(13)12(8-9)14-7-3-4-10(14)2/h5-6,8,10H,3-4,7H2,1-2H3. The Hall–Kier alpha value is -0.500. The minimum Gasteiger partial charge on any atom is -0.368 e. The van der Waals surface area contributed by atoms with Crippen molar-refractivity contribution < 1.29 is 0 Å². The van der Waals surface area contributed by atoms with Crippen LogP contribution in [0.25, 0.3) is 0 Å². The molecule has 76 valence electrons. The first-order valence-electron chi connectivity index (χ1n) is 5.21. The van der Waals surface area contributed by atoms with E-state index in [0.29, 0.717) is 6.04 Å². The van der Waals surface area contributed by atoms with Gasteiger partial charge >= 0.3 is 0 Å². The van der Waals surface area contributed by atoms with Gasteiger partial charge in [0.2, 0.25) is 0 Å². The van der Waals surface area contributed by atoms with Gasteiger partial charge in [0.25, 0.3) is 0 Å². The fourth-order valence-electron chi connectivity index (χ4n) is 2.13. The number of hydrogen-bond donors (Lipinski definition) is 0. The first-order chi connectivity index (χ1) is 6.68. The molecule has 0 spiro atoms. The van der Waals surface area contributed by atoms with E-state index >= 15 is 0 Å². The SMILES string of the molecule is Cc1ccc(Br)c(N2CCCC2C)c1. The summed E-state index contributed by atoms with van der Waals surface area (Å²) in [6.07, 6.45) is 2.64. The predicted molar refractivity (Wildman–Crippen MR) is 64.9 cm³/mol. The second-order valence-corrected chi connectivity index (χ2v) is 4.99. The molecule has 1 saturated heterocycles. The van der Waals surface area contributed by atoms with Crippen LogP contribution in [0.3, 0.4) is 0 Å². The van der Waals surface area contributed by atoms with E-state index in [2.05, 4.69) is 52.9 Å². The molecule has 1 aliphatic rings. The molecule has 0 amide bonds. The smallest absolute Gasteiger partial charge is 0.0515 e. The Kier molecular flexibility index (Phi) is 2.82. The Morgan fingerprint density at radius 2 is 2.21 bits per heavy atom. The molecule has 0 N–H and O–H groups in total. The monoisotopic (exact) mass is 253 g/mol. The fourth-order valence-corrected chi connectivity index (χ4v) is 2.61. The minimum atomic E-state index is 0.688. The van der Waals surface area contributed by atoms with Crippen LogP contribution in [0.1, 0.15) is 25.3 Å². The van der Waals surface area contributed by atoms with E-state index in [-0.39, 0.29) is 0 Å². The van der Waals surface area contributed by atoms with Crippen LogP contribution in [0.4, 0.5) is 5.69 Å². The maximum Gasteiger partial charge on any atom is 0.0515 e. The normalized spacial score (nSPS) is 21.6. The first-order valence-corrected chi connectivity index (χ1v) is 6.00. The average molecular weight is 254 g/mol. The molecule has 1 nitrogen and oxygen atoms in total. The maximum absolute atomic E-state index is 3.63. The Bertz CT molecular complexity index is 335. The summed E-state index contributed by atoms with van der Waals surface area (Å²) in [6, 6.07) is 7.25. The van der Waals surface area contributed by atoms with Crippen molar-refractivity contribution in [3.63, 3.8) is 0 Å². The highest BCUT2D eigenvalue weighted by Gasteiger charge is 2.21. The molecule has 1 aromatic rings. The van der Waals surface area contributed by atoms with Crippen LogP contribution in [-0.4, -0.2) is 12.6 Å². The van der Waals surface area contributed by atoms with Crippen LogP contribution in [0.15, 0.2) is 22.7 Å². The summed E-state index contributed by atoms with van der Waals surface area (Å²) in [4.78, 5) is 2.50. The van der Waals surface area contributed by atoms with Crippen molar-refractivity contribution in [3.8, 4) is 0 Å². The van der Waals surface area contributed by atoms with Crippen molar-refractivity contribution in [1.29, 1.82) is 0 Å². The second-order valence-electron chi connectivity index (χ2n) is 4.14. The van der Waals surface area contributed by atoms with Gasteiger partial charge in [0, 0.05) is 17.1 Å². The Morgan fingerprint density at radius 3 is 2.86 bits per heavy atom. The van der Waals surface area contributed by atoms with E-state index in [1.807, 2.05) is 0 Å². The molecule has 1 unspecified atom stereocenters. The molecule has 1 aliphatic heterocycles. The number of benzene rings is 1. The van der Waals surface area contributed by atoms with Gasteiger partial charge in [-0.05, 0) is 60.3 Å². The van der Waals surface area contributed by atoms with Crippen molar-refractivity contribution >= 4 is 21.6 Å². The van der Waals surface area contributed by atoms with Crippen LogP contribution in [-0.2, 0) is 0 Å². The lowest BCUT2D eigenvalue weighted by molar-refractivity contribution is 0.734. The second kappa shape index (κ2) is 3.93. The van der Waals surface area contributed by atoms with Crippen LogP contribution in [0.5, 0.6) is 0 Å². The molecular formula is C12H16BrN. The molecule has 0 bridgehead atoms. The molecular weight excluding hydrogens is 238 g/mol. The third-order valence-electron chi connectivity index (χ3n) is 2.96. The van der Waals surface area contributed by atoms with Gasteiger partial charge in [-0.2, -0.15) is 0 Å². The zero-order valence-corrected chi connectivity index (χ0v) is 10.3. The van der Waals surface area contributed by atoms with Gasteiger partial charge in [0.1, 0.15) is 0 Å². The van der Waals surface area contributed by atoms with Crippen molar-refractivity contribution in [2.45, 2.75) is 32.7 Å². The molecule has 1 heterocycles. The van der Waals surface area contributed by atoms with Crippen molar-refractivity contribution in [2.75, 3.05) is 11.4 Å². The Balaban J connectivity index is 2.34. The number of anilines is 1. The lowest BCUT2D eigenvalue weighted by atomic mass is 10.2. The molecule has 14 heavy (non-hydrogen) atoms. The van der Waals surface area contributed by atoms with Crippen molar-refractivity contribution in [3.05, 3.63) is 28.2 Å². The molecule has 0 aliphatic carbocycles. The summed E-state index contributed by atoms with van der Waals surface area (Å²) in [5, 5.41) is 0. The quantitative estimate of drug-likeness (QED) is 0.737. The van der Waals surface area contributed by atoms with Crippen LogP contribution >= 0.6 is 15.9 Å². The van der Waals surface area contributed by atoms with Gasteiger partial charge in [0.05, 0.1) is 5.69 Å². The van der Waals surface area contributed by atoms with E-state index in [9.17, 15) is 0 Å². The average Bonchev–Trinajstić information content (AvgIpc) is 2.56. The van der Waals surface area contributed by atoms with Crippen LogP contribution in [0.2, 0.25) is 0 Å². The number of aryl methyl sites for hydroxylation is 1. The molecule has 1 atom stereocenters. The maximum atomic E-state index is 3.63. The number of halogens is 1. The van der Waals surface area contributed by atoms with E-state index in [4.69, 9.17) is 0 Å². The van der Waals surface area contributed by atoms with E-state index in [1.54, 1.807) is 0 Å². The van der Waals surface area contributed by atoms with Gasteiger partial charge in [0.15, 0.2) is 0 Å².